The molecule has 0 unspecified atom stereocenters. The smallest absolute Gasteiger partial charge is 0.223 e. The highest BCUT2D eigenvalue weighted by Crippen LogP contribution is 2.28. The molecule has 2 aliphatic rings. The summed E-state index contributed by atoms with van der Waals surface area (Å²) in [5.74, 6) is 1.45. The Hall–Kier alpha value is -0.530. The van der Waals surface area contributed by atoms with Crippen LogP contribution in [-0.2, 0) is 4.79 Å². The van der Waals surface area contributed by atoms with Crippen LogP contribution >= 0.6 is 24.0 Å². The van der Waals surface area contributed by atoms with Crippen LogP contribution in [0.4, 0.5) is 0 Å². The number of nitrogens with one attached hydrogen (secondary N) is 2. The molecule has 0 aromatic carbocycles. The lowest BCUT2D eigenvalue weighted by molar-refractivity contribution is -0.122. The van der Waals surface area contributed by atoms with E-state index in [2.05, 4.69) is 20.5 Å². The number of rotatable bonds is 4. The molecule has 5 nitrogen and oxygen atoms in total. The number of hydrogen-bond acceptors (Lipinski definition) is 4. The highest BCUT2D eigenvalue weighted by Gasteiger charge is 2.28. The molecule has 16 heavy (non-hydrogen) atoms. The summed E-state index contributed by atoms with van der Waals surface area (Å²) in [6.07, 6.45) is 2.13. The fraction of sp³-hybridized carbons (Fsp3) is 0.800. The second kappa shape index (κ2) is 6.27. The van der Waals surface area contributed by atoms with Gasteiger partial charge in [0.15, 0.2) is 5.96 Å². The molecule has 0 bridgehead atoms. The molecule has 0 atom stereocenters. The van der Waals surface area contributed by atoms with E-state index >= 15 is 0 Å². The first-order valence-corrected chi connectivity index (χ1v) is 5.54. The molecule has 0 aromatic rings. The van der Waals surface area contributed by atoms with Crippen molar-refractivity contribution >= 4 is 35.8 Å². The van der Waals surface area contributed by atoms with Crippen LogP contribution in [0, 0.1) is 5.92 Å². The molecule has 0 spiro atoms. The number of aliphatic imine (C=N–C) groups is 1. The maximum atomic E-state index is 11.3. The van der Waals surface area contributed by atoms with Crippen LogP contribution in [0.1, 0.15) is 12.8 Å². The van der Waals surface area contributed by atoms with Crippen LogP contribution in [0.25, 0.3) is 0 Å². The molecule has 0 saturated heterocycles. The highest BCUT2D eigenvalue weighted by atomic mass is 127. The second-order valence-electron chi connectivity index (χ2n) is 4.12. The average Bonchev–Trinajstić information content (AvgIpc) is 2.99. The van der Waals surface area contributed by atoms with Gasteiger partial charge in [-0.1, -0.05) is 0 Å². The molecule has 1 fully saturated rings. The molecular weight excluding hydrogens is 319 g/mol. The van der Waals surface area contributed by atoms with Crippen molar-refractivity contribution < 1.29 is 4.79 Å². The zero-order chi connectivity index (χ0) is 10.7. The standard InChI is InChI=1S/C10H18N4O.HI/c1-14-7-6-13-10(14)12-5-4-11-9(15)8-2-3-8;/h8H,2-7H2,1H3,(H,11,15)(H,12,13);1H. The Morgan fingerprint density at radius 2 is 2.25 bits per heavy atom. The largest absolute Gasteiger partial charge is 0.354 e. The average molecular weight is 338 g/mol. The van der Waals surface area contributed by atoms with E-state index in [1.165, 1.54) is 0 Å². The van der Waals surface area contributed by atoms with Crippen molar-refractivity contribution in [1.82, 2.24) is 15.5 Å². The van der Waals surface area contributed by atoms with Gasteiger partial charge in [-0.25, -0.2) is 0 Å². The Morgan fingerprint density at radius 3 is 2.81 bits per heavy atom. The molecule has 1 aliphatic carbocycles. The van der Waals surface area contributed by atoms with Crippen molar-refractivity contribution in [3.8, 4) is 0 Å². The van der Waals surface area contributed by atoms with Crippen LogP contribution in [0.5, 0.6) is 0 Å². The van der Waals surface area contributed by atoms with Gasteiger partial charge in [0.25, 0.3) is 0 Å². The van der Waals surface area contributed by atoms with Gasteiger partial charge in [0, 0.05) is 32.6 Å². The Balaban J connectivity index is 0.00000128. The lowest BCUT2D eigenvalue weighted by Gasteiger charge is -2.15. The van der Waals surface area contributed by atoms with E-state index in [0.29, 0.717) is 12.5 Å². The van der Waals surface area contributed by atoms with Crippen molar-refractivity contribution in [3.05, 3.63) is 0 Å². The Kier molecular flexibility index (Phi) is 5.30. The van der Waals surface area contributed by atoms with Gasteiger partial charge in [0.2, 0.25) is 5.91 Å². The van der Waals surface area contributed by atoms with E-state index in [4.69, 9.17) is 0 Å². The second-order valence-corrected chi connectivity index (χ2v) is 4.12. The Labute approximate surface area is 113 Å². The minimum atomic E-state index is 0. The van der Waals surface area contributed by atoms with Crippen molar-refractivity contribution in [2.24, 2.45) is 10.9 Å². The fourth-order valence-corrected chi connectivity index (χ4v) is 1.57. The third kappa shape index (κ3) is 3.80. The van der Waals surface area contributed by atoms with E-state index < -0.39 is 0 Å². The third-order valence-electron chi connectivity index (χ3n) is 2.71. The lowest BCUT2D eigenvalue weighted by atomic mass is 10.4. The number of likely N-dealkylation sites (N-methyl/N-ethyl adjacent to an activating group) is 1. The van der Waals surface area contributed by atoms with Gasteiger partial charge in [0.05, 0.1) is 6.54 Å². The monoisotopic (exact) mass is 338 g/mol. The summed E-state index contributed by atoms with van der Waals surface area (Å²) in [6.45, 7) is 3.29. The normalized spacial score (nSPS) is 18.8. The number of carbonyl (C=O) groups is 1. The fourth-order valence-electron chi connectivity index (χ4n) is 1.57. The van der Waals surface area contributed by atoms with Gasteiger partial charge >= 0.3 is 0 Å². The van der Waals surface area contributed by atoms with E-state index in [1.54, 1.807) is 0 Å². The van der Waals surface area contributed by atoms with Gasteiger partial charge in [-0.2, -0.15) is 0 Å². The van der Waals surface area contributed by atoms with Gasteiger partial charge < -0.3 is 15.5 Å². The predicted octanol–water partition coefficient (Wildman–Crippen LogP) is 0.0216. The third-order valence-corrected chi connectivity index (χ3v) is 2.71. The van der Waals surface area contributed by atoms with Crippen LogP contribution in [0.3, 0.4) is 0 Å². The molecule has 6 heteroatoms. The van der Waals surface area contributed by atoms with E-state index in [0.717, 1.165) is 38.4 Å². The molecule has 1 saturated carbocycles. The first kappa shape index (κ1) is 13.5. The van der Waals surface area contributed by atoms with Crippen molar-refractivity contribution in [1.29, 1.82) is 0 Å². The van der Waals surface area contributed by atoms with Crippen LogP contribution in [-0.4, -0.2) is 50.0 Å². The number of hydrogen-bond donors (Lipinski definition) is 2. The number of halogens is 1. The summed E-state index contributed by atoms with van der Waals surface area (Å²) >= 11 is 0. The van der Waals surface area contributed by atoms with E-state index in [9.17, 15) is 4.79 Å². The summed E-state index contributed by atoms with van der Waals surface area (Å²) in [7, 11) is 2.02. The van der Waals surface area contributed by atoms with Crippen LogP contribution in [0.15, 0.2) is 4.99 Å². The minimum Gasteiger partial charge on any atom is -0.354 e. The SMILES string of the molecule is CN1CCN=C1NCCNC(=O)C1CC1.I. The Bertz CT molecular complexity index is 278. The molecule has 2 rings (SSSR count). The van der Waals surface area contributed by atoms with Crippen LogP contribution < -0.4 is 10.6 Å². The zero-order valence-corrected chi connectivity index (χ0v) is 11.9. The molecule has 1 aliphatic heterocycles. The summed E-state index contributed by atoms with van der Waals surface area (Å²) in [6, 6.07) is 0. The Morgan fingerprint density at radius 1 is 1.50 bits per heavy atom. The molecule has 2 N–H and O–H groups in total. The number of nitrogens with zero attached hydrogens (tertiary/aromatic N) is 2. The summed E-state index contributed by atoms with van der Waals surface area (Å²) in [4.78, 5) is 17.7. The quantitative estimate of drug-likeness (QED) is 0.561. The minimum absolute atomic E-state index is 0. The van der Waals surface area contributed by atoms with E-state index in [1.807, 2.05) is 7.05 Å². The summed E-state index contributed by atoms with van der Waals surface area (Å²) in [5.41, 5.74) is 0. The molecule has 0 aromatic heterocycles. The molecule has 1 amide bonds. The highest BCUT2D eigenvalue weighted by molar-refractivity contribution is 14.0. The number of guanidine groups is 1. The molecular formula is C10H19IN4O. The summed E-state index contributed by atoms with van der Waals surface area (Å²) < 4.78 is 0. The van der Waals surface area contributed by atoms with E-state index in [-0.39, 0.29) is 29.9 Å². The topological polar surface area (TPSA) is 56.7 Å². The van der Waals surface area contributed by atoms with Gasteiger partial charge in [-0.3, -0.25) is 9.79 Å². The molecule has 92 valence electrons. The first-order valence-electron chi connectivity index (χ1n) is 5.54. The van der Waals surface area contributed by atoms with Crippen molar-refractivity contribution in [3.63, 3.8) is 0 Å². The maximum Gasteiger partial charge on any atom is 0.223 e. The van der Waals surface area contributed by atoms with Crippen molar-refractivity contribution in [2.45, 2.75) is 12.8 Å². The lowest BCUT2D eigenvalue weighted by Crippen LogP contribution is -2.40. The first-order chi connectivity index (χ1) is 7.27. The number of amides is 1. The zero-order valence-electron chi connectivity index (χ0n) is 9.53. The maximum absolute atomic E-state index is 11.3. The van der Waals surface area contributed by atoms with Crippen molar-refractivity contribution in [2.75, 3.05) is 33.2 Å². The summed E-state index contributed by atoms with van der Waals surface area (Å²) in [5, 5.41) is 6.12. The molecule has 0 radical (unpaired) electrons. The van der Waals surface area contributed by atoms with Gasteiger partial charge in [0.1, 0.15) is 0 Å². The predicted molar refractivity (Wildman–Crippen MR) is 74.1 cm³/mol. The van der Waals surface area contributed by atoms with Crippen LogP contribution in [0.2, 0.25) is 0 Å². The number of carbonyl (C=O) groups excluding carboxylic acids is 1. The molecule has 1 heterocycles. The van der Waals surface area contributed by atoms with Gasteiger partial charge in [-0.05, 0) is 12.8 Å². The van der Waals surface area contributed by atoms with Gasteiger partial charge in [-0.15, -0.1) is 24.0 Å².